The van der Waals surface area contributed by atoms with Crippen LogP contribution in [0.25, 0.3) is 0 Å². The van der Waals surface area contributed by atoms with Gasteiger partial charge in [0.25, 0.3) is 0 Å². The van der Waals surface area contributed by atoms with E-state index in [0.29, 0.717) is 0 Å². The molecule has 2 atom stereocenters. The van der Waals surface area contributed by atoms with Gasteiger partial charge in [0.05, 0.1) is 0 Å². The largest absolute Gasteiger partial charge is 2.00 e. The van der Waals surface area contributed by atoms with E-state index in [1.807, 2.05) is 30.3 Å². The van der Waals surface area contributed by atoms with Crippen LogP contribution in [0.15, 0.2) is 30.3 Å². The summed E-state index contributed by atoms with van der Waals surface area (Å²) in [5.74, 6) is 0. The zero-order chi connectivity index (χ0) is 12.6. The van der Waals surface area contributed by atoms with Crippen molar-refractivity contribution in [3.8, 4) is 0 Å². The average molecular weight is 327 g/mol. The van der Waals surface area contributed by atoms with Crippen LogP contribution in [0.3, 0.4) is 0 Å². The first-order valence-electron chi connectivity index (χ1n) is 3.73. The van der Waals surface area contributed by atoms with Crippen LogP contribution in [-0.4, -0.2) is 23.1 Å². The molecule has 0 saturated carbocycles. The second-order valence-electron chi connectivity index (χ2n) is 2.24. The number of halogens is 2. The van der Waals surface area contributed by atoms with Gasteiger partial charge in [-0.05, 0) is 14.7 Å². The summed E-state index contributed by atoms with van der Waals surface area (Å²) < 4.78 is 21.6. The molecule has 5 nitrogen and oxygen atoms in total. The second-order valence-corrected chi connectivity index (χ2v) is 4.88. The van der Waals surface area contributed by atoms with Crippen LogP contribution in [-0.2, 0) is 13.4 Å². The minimum atomic E-state index is -3.24. The van der Waals surface area contributed by atoms with Crippen molar-refractivity contribution in [2.24, 2.45) is 0 Å². The molecule has 0 aliphatic carbocycles. The molecule has 2 unspecified atom stereocenters. The van der Waals surface area contributed by atoms with E-state index in [0.717, 1.165) is 5.56 Å². The first-order valence-corrected chi connectivity index (χ1v) is 6.80. The smallest absolute Gasteiger partial charge is 0.563 e. The molecule has 0 spiro atoms. The van der Waals surface area contributed by atoms with Crippen LogP contribution in [0.1, 0.15) is 10.4 Å². The molecule has 0 aliphatic heterocycles. The predicted molar refractivity (Wildman–Crippen MR) is 62.9 cm³/mol. The van der Waals surface area contributed by atoms with E-state index in [-0.39, 0.29) is 23.1 Å². The molecule has 17 heavy (non-hydrogen) atoms. The first-order chi connectivity index (χ1) is 7.43. The molecular formula is C7H6Cl2MgO5P2+2. The SMILES string of the molecule is ClC(Cl)c1ccccc1.O=[P+]([O-])O[P+](=O)[O-].[Mg+2]. The zero-order valence-corrected chi connectivity index (χ0v) is 13.1. The summed E-state index contributed by atoms with van der Waals surface area (Å²) >= 11 is 11.1. The number of rotatable bonds is 3. The van der Waals surface area contributed by atoms with Gasteiger partial charge in [-0.3, -0.25) is 0 Å². The van der Waals surface area contributed by atoms with Gasteiger partial charge in [-0.25, -0.2) is 0 Å². The molecule has 1 aromatic carbocycles. The molecule has 0 aliphatic rings. The van der Waals surface area contributed by atoms with E-state index >= 15 is 0 Å². The molecule has 10 heteroatoms. The van der Waals surface area contributed by atoms with Crippen LogP contribution >= 0.6 is 39.7 Å². The van der Waals surface area contributed by atoms with Gasteiger partial charge in [0.2, 0.25) is 0 Å². The van der Waals surface area contributed by atoms with E-state index in [1.165, 1.54) is 0 Å². The van der Waals surface area contributed by atoms with E-state index in [2.05, 4.69) is 4.31 Å². The van der Waals surface area contributed by atoms with Gasteiger partial charge in [-0.2, -0.15) is 0 Å². The fraction of sp³-hybridized carbons (Fsp3) is 0.143. The third kappa shape index (κ3) is 12.9. The number of benzene rings is 1. The number of hydrogen-bond donors (Lipinski definition) is 0. The van der Waals surface area contributed by atoms with E-state index < -0.39 is 21.3 Å². The Labute approximate surface area is 126 Å². The molecule has 0 N–H and O–H groups in total. The van der Waals surface area contributed by atoms with Crippen molar-refractivity contribution >= 4 is 62.8 Å². The minimum Gasteiger partial charge on any atom is -0.563 e. The third-order valence-electron chi connectivity index (χ3n) is 1.18. The number of hydrogen-bond acceptors (Lipinski definition) is 5. The molecule has 88 valence electrons. The molecule has 0 heterocycles. The van der Waals surface area contributed by atoms with E-state index in [9.17, 15) is 18.9 Å². The molecular weight excluding hydrogens is 321 g/mol. The maximum absolute atomic E-state index is 9.24. The van der Waals surface area contributed by atoms with Crippen molar-refractivity contribution in [1.82, 2.24) is 0 Å². The minimum absolute atomic E-state index is 0. The van der Waals surface area contributed by atoms with Gasteiger partial charge >= 0.3 is 39.6 Å². The van der Waals surface area contributed by atoms with E-state index in [4.69, 9.17) is 23.2 Å². The molecule has 0 radical (unpaired) electrons. The number of alkyl halides is 2. The average Bonchev–Trinajstić information content (AvgIpc) is 2.17. The van der Waals surface area contributed by atoms with Gasteiger partial charge < -0.3 is 9.79 Å². The molecule has 0 saturated heterocycles. The summed E-state index contributed by atoms with van der Waals surface area (Å²) in [6.07, 6.45) is 0. The topological polar surface area (TPSA) is 89.5 Å². The monoisotopic (exact) mass is 326 g/mol. The van der Waals surface area contributed by atoms with Gasteiger partial charge in [-0.15, -0.1) is 23.2 Å². The van der Waals surface area contributed by atoms with E-state index in [1.54, 1.807) is 0 Å². The van der Waals surface area contributed by atoms with Crippen LogP contribution in [0.2, 0.25) is 0 Å². The van der Waals surface area contributed by atoms with Crippen molar-refractivity contribution in [3.05, 3.63) is 35.9 Å². The maximum Gasteiger partial charge on any atom is 2.00 e. The Balaban J connectivity index is 0. The summed E-state index contributed by atoms with van der Waals surface area (Å²) in [7, 11) is -6.47. The van der Waals surface area contributed by atoms with Crippen molar-refractivity contribution < 1.29 is 23.2 Å². The third-order valence-corrected chi connectivity index (χ3v) is 2.76. The van der Waals surface area contributed by atoms with Gasteiger partial charge in [0.1, 0.15) is 9.15 Å². The summed E-state index contributed by atoms with van der Waals surface area (Å²) in [5, 5.41) is 0. The Bertz CT molecular complexity index is 339. The van der Waals surface area contributed by atoms with Crippen LogP contribution in [0.4, 0.5) is 0 Å². The normalized spacial score (nSPS) is 10.9. The van der Waals surface area contributed by atoms with Crippen molar-refractivity contribution in [2.45, 2.75) is 4.84 Å². The Hall–Kier alpha value is 0.646. The summed E-state index contributed by atoms with van der Waals surface area (Å²) in [6.45, 7) is 0. The molecule has 0 fully saturated rings. The molecule has 1 aromatic rings. The maximum atomic E-state index is 9.24. The van der Waals surface area contributed by atoms with Crippen LogP contribution < -0.4 is 9.79 Å². The van der Waals surface area contributed by atoms with Gasteiger partial charge in [-0.1, -0.05) is 30.3 Å². The zero-order valence-electron chi connectivity index (χ0n) is 8.36. The Morgan fingerprint density at radius 1 is 1.06 bits per heavy atom. The summed E-state index contributed by atoms with van der Waals surface area (Å²) in [4.78, 5) is 18.1. The van der Waals surface area contributed by atoms with Crippen molar-refractivity contribution in [3.63, 3.8) is 0 Å². The van der Waals surface area contributed by atoms with Gasteiger partial charge in [0.15, 0.2) is 0 Å². The second kappa shape index (κ2) is 11.7. The summed E-state index contributed by atoms with van der Waals surface area (Å²) in [6, 6.07) is 9.54. The van der Waals surface area contributed by atoms with Crippen molar-refractivity contribution in [2.75, 3.05) is 0 Å². The fourth-order valence-corrected chi connectivity index (χ4v) is 1.38. The quantitative estimate of drug-likeness (QED) is 0.480. The Morgan fingerprint density at radius 3 is 1.65 bits per heavy atom. The first kappa shape index (κ1) is 20.0. The Morgan fingerprint density at radius 2 is 1.47 bits per heavy atom. The van der Waals surface area contributed by atoms with Crippen LogP contribution in [0, 0.1) is 0 Å². The fourth-order valence-electron chi connectivity index (χ4n) is 0.653. The molecule has 1 rings (SSSR count). The van der Waals surface area contributed by atoms with Crippen molar-refractivity contribution in [1.29, 1.82) is 0 Å². The molecule has 0 amide bonds. The Kier molecular flexibility index (Phi) is 13.8. The van der Waals surface area contributed by atoms with Gasteiger partial charge in [0, 0.05) is 0 Å². The summed E-state index contributed by atoms with van der Waals surface area (Å²) in [5.41, 5.74) is 0.945. The molecule has 0 bridgehead atoms. The van der Waals surface area contributed by atoms with Crippen LogP contribution in [0.5, 0.6) is 0 Å². The standard InChI is InChI=1S/C7H6Cl2.Mg.O5P2/c8-7(9)6-4-2-1-3-5-6;;1-6(2)5-7(3)4/h1-5,7H;;/q;+2;. The predicted octanol–water partition coefficient (Wildman–Crippen LogP) is 1.82. The molecule has 0 aromatic heterocycles.